The van der Waals surface area contributed by atoms with Gasteiger partial charge in [-0.05, 0) is 47.5 Å². The molecule has 2 N–H and O–H groups in total. The highest BCUT2D eigenvalue weighted by molar-refractivity contribution is 9.10. The second kappa shape index (κ2) is 4.92. The molecule has 0 unspecified atom stereocenters. The Kier molecular flexibility index (Phi) is 3.52. The van der Waals surface area contributed by atoms with Crippen molar-refractivity contribution in [3.05, 3.63) is 39.9 Å². The SMILES string of the molecule is CC1=CCN(C(=O)c2ccc(Br)c(N)c2)CC1. The molecule has 0 spiro atoms. The van der Waals surface area contributed by atoms with Gasteiger partial charge < -0.3 is 10.6 Å². The van der Waals surface area contributed by atoms with Crippen LogP contribution in [-0.2, 0) is 0 Å². The summed E-state index contributed by atoms with van der Waals surface area (Å²) in [7, 11) is 0. The van der Waals surface area contributed by atoms with Crippen molar-refractivity contribution in [2.24, 2.45) is 0 Å². The molecule has 0 radical (unpaired) electrons. The van der Waals surface area contributed by atoms with E-state index in [4.69, 9.17) is 5.73 Å². The number of nitrogens with zero attached hydrogens (tertiary/aromatic N) is 1. The minimum atomic E-state index is 0.0490. The van der Waals surface area contributed by atoms with E-state index in [0.29, 0.717) is 17.8 Å². The fourth-order valence-corrected chi connectivity index (χ4v) is 2.06. The second-order valence-electron chi connectivity index (χ2n) is 4.29. The van der Waals surface area contributed by atoms with E-state index >= 15 is 0 Å². The summed E-state index contributed by atoms with van der Waals surface area (Å²) >= 11 is 3.32. The Labute approximate surface area is 109 Å². The van der Waals surface area contributed by atoms with Crippen molar-refractivity contribution in [1.29, 1.82) is 0 Å². The summed E-state index contributed by atoms with van der Waals surface area (Å²) in [5.74, 6) is 0.0490. The summed E-state index contributed by atoms with van der Waals surface area (Å²) in [4.78, 5) is 14.0. The zero-order valence-corrected chi connectivity index (χ0v) is 11.3. The van der Waals surface area contributed by atoms with Crippen molar-refractivity contribution in [3.8, 4) is 0 Å². The molecular formula is C13H15BrN2O. The van der Waals surface area contributed by atoms with E-state index < -0.39 is 0 Å². The summed E-state index contributed by atoms with van der Waals surface area (Å²) < 4.78 is 0.823. The average molecular weight is 295 g/mol. The van der Waals surface area contributed by atoms with Crippen LogP contribution in [-0.4, -0.2) is 23.9 Å². The van der Waals surface area contributed by atoms with Gasteiger partial charge in [-0.3, -0.25) is 4.79 Å². The first-order chi connectivity index (χ1) is 8.08. The number of nitrogens with two attached hydrogens (primary N) is 1. The lowest BCUT2D eigenvalue weighted by Crippen LogP contribution is -2.34. The van der Waals surface area contributed by atoms with E-state index in [2.05, 4.69) is 28.9 Å². The minimum Gasteiger partial charge on any atom is -0.398 e. The van der Waals surface area contributed by atoms with Crippen molar-refractivity contribution in [3.63, 3.8) is 0 Å². The molecule has 3 nitrogen and oxygen atoms in total. The van der Waals surface area contributed by atoms with Crippen molar-refractivity contribution in [1.82, 2.24) is 4.90 Å². The zero-order valence-electron chi connectivity index (χ0n) is 9.74. The maximum Gasteiger partial charge on any atom is 0.254 e. The molecule has 0 aliphatic carbocycles. The van der Waals surface area contributed by atoms with Gasteiger partial charge in [0, 0.05) is 28.8 Å². The Morgan fingerprint density at radius 1 is 1.47 bits per heavy atom. The van der Waals surface area contributed by atoms with Crippen LogP contribution < -0.4 is 5.73 Å². The van der Waals surface area contributed by atoms with Crippen LogP contribution in [0.25, 0.3) is 0 Å². The normalized spacial score (nSPS) is 15.6. The summed E-state index contributed by atoms with van der Waals surface area (Å²) in [5, 5.41) is 0. The lowest BCUT2D eigenvalue weighted by atomic mass is 10.1. The Balaban J connectivity index is 2.17. The third kappa shape index (κ3) is 2.69. The molecule has 1 aliphatic heterocycles. The fourth-order valence-electron chi connectivity index (χ4n) is 1.81. The van der Waals surface area contributed by atoms with Crippen molar-refractivity contribution in [2.45, 2.75) is 13.3 Å². The van der Waals surface area contributed by atoms with Crippen LogP contribution >= 0.6 is 15.9 Å². The van der Waals surface area contributed by atoms with E-state index in [0.717, 1.165) is 17.4 Å². The summed E-state index contributed by atoms with van der Waals surface area (Å²) in [6.07, 6.45) is 3.06. The lowest BCUT2D eigenvalue weighted by Gasteiger charge is -2.25. The summed E-state index contributed by atoms with van der Waals surface area (Å²) in [6.45, 7) is 3.58. The van der Waals surface area contributed by atoms with Gasteiger partial charge in [-0.1, -0.05) is 11.6 Å². The number of halogens is 1. The molecule has 0 aromatic heterocycles. The van der Waals surface area contributed by atoms with Gasteiger partial charge in [0.2, 0.25) is 0 Å². The van der Waals surface area contributed by atoms with Gasteiger partial charge in [-0.2, -0.15) is 0 Å². The van der Waals surface area contributed by atoms with Gasteiger partial charge in [0.1, 0.15) is 0 Å². The maximum atomic E-state index is 12.2. The molecule has 2 rings (SSSR count). The number of anilines is 1. The van der Waals surface area contributed by atoms with Gasteiger partial charge >= 0.3 is 0 Å². The number of benzene rings is 1. The smallest absolute Gasteiger partial charge is 0.254 e. The number of amides is 1. The summed E-state index contributed by atoms with van der Waals surface area (Å²) in [5.41, 5.74) is 8.38. The van der Waals surface area contributed by atoms with E-state index in [-0.39, 0.29) is 5.91 Å². The Hall–Kier alpha value is -1.29. The van der Waals surface area contributed by atoms with Gasteiger partial charge in [0.25, 0.3) is 5.91 Å². The van der Waals surface area contributed by atoms with Crippen LogP contribution in [0.1, 0.15) is 23.7 Å². The van der Waals surface area contributed by atoms with E-state index in [1.807, 2.05) is 11.0 Å². The molecule has 90 valence electrons. The molecule has 17 heavy (non-hydrogen) atoms. The second-order valence-corrected chi connectivity index (χ2v) is 5.14. The average Bonchev–Trinajstić information content (AvgIpc) is 2.33. The first kappa shape index (κ1) is 12.2. The quantitative estimate of drug-likeness (QED) is 0.639. The Morgan fingerprint density at radius 3 is 2.82 bits per heavy atom. The maximum absolute atomic E-state index is 12.2. The minimum absolute atomic E-state index is 0.0490. The topological polar surface area (TPSA) is 46.3 Å². The van der Waals surface area contributed by atoms with Crippen LogP contribution in [0.15, 0.2) is 34.3 Å². The molecule has 0 saturated heterocycles. The third-order valence-corrected chi connectivity index (χ3v) is 3.69. The van der Waals surface area contributed by atoms with Gasteiger partial charge in [0.05, 0.1) is 0 Å². The van der Waals surface area contributed by atoms with E-state index in [1.165, 1.54) is 5.57 Å². The molecule has 1 amide bonds. The highest BCUT2D eigenvalue weighted by Crippen LogP contribution is 2.22. The molecular weight excluding hydrogens is 280 g/mol. The number of rotatable bonds is 1. The molecule has 0 bridgehead atoms. The Morgan fingerprint density at radius 2 is 2.24 bits per heavy atom. The predicted octanol–water partition coefficient (Wildman–Crippen LogP) is 2.82. The number of nitrogen functional groups attached to an aromatic ring is 1. The molecule has 4 heteroatoms. The van der Waals surface area contributed by atoms with Gasteiger partial charge in [-0.15, -0.1) is 0 Å². The van der Waals surface area contributed by atoms with Crippen LogP contribution in [0.2, 0.25) is 0 Å². The Bertz CT molecular complexity index is 482. The van der Waals surface area contributed by atoms with Crippen LogP contribution in [0, 0.1) is 0 Å². The van der Waals surface area contributed by atoms with Crippen LogP contribution in [0.4, 0.5) is 5.69 Å². The zero-order chi connectivity index (χ0) is 12.4. The summed E-state index contributed by atoms with van der Waals surface area (Å²) in [6, 6.07) is 5.33. The first-order valence-corrected chi connectivity index (χ1v) is 6.37. The first-order valence-electron chi connectivity index (χ1n) is 5.58. The third-order valence-electron chi connectivity index (χ3n) is 2.97. The van der Waals surface area contributed by atoms with Crippen molar-refractivity contribution < 1.29 is 4.79 Å². The van der Waals surface area contributed by atoms with E-state index in [1.54, 1.807) is 12.1 Å². The molecule has 1 aromatic rings. The standard InChI is InChI=1S/C13H15BrN2O/c1-9-4-6-16(7-5-9)13(17)10-2-3-11(14)12(15)8-10/h2-4,8H,5-7,15H2,1H3. The number of carbonyl (C=O) groups is 1. The largest absolute Gasteiger partial charge is 0.398 e. The van der Waals surface area contributed by atoms with Gasteiger partial charge in [-0.25, -0.2) is 0 Å². The number of hydrogen-bond donors (Lipinski definition) is 1. The van der Waals surface area contributed by atoms with Crippen molar-refractivity contribution >= 4 is 27.5 Å². The molecule has 0 atom stereocenters. The molecule has 1 aromatic carbocycles. The van der Waals surface area contributed by atoms with Crippen LogP contribution in [0.5, 0.6) is 0 Å². The lowest BCUT2D eigenvalue weighted by molar-refractivity contribution is 0.0769. The molecule has 0 fully saturated rings. The highest BCUT2D eigenvalue weighted by Gasteiger charge is 2.17. The highest BCUT2D eigenvalue weighted by atomic mass is 79.9. The molecule has 1 aliphatic rings. The monoisotopic (exact) mass is 294 g/mol. The fraction of sp³-hybridized carbons (Fsp3) is 0.308. The van der Waals surface area contributed by atoms with Crippen LogP contribution in [0.3, 0.4) is 0 Å². The number of carbonyl (C=O) groups excluding carboxylic acids is 1. The van der Waals surface area contributed by atoms with Gasteiger partial charge in [0.15, 0.2) is 0 Å². The number of hydrogen-bond acceptors (Lipinski definition) is 2. The predicted molar refractivity (Wildman–Crippen MR) is 72.8 cm³/mol. The molecule has 1 heterocycles. The van der Waals surface area contributed by atoms with E-state index in [9.17, 15) is 4.79 Å². The van der Waals surface area contributed by atoms with Crippen molar-refractivity contribution in [2.75, 3.05) is 18.8 Å². The molecule has 0 saturated carbocycles.